The number of hydrogen-bond donors (Lipinski definition) is 3. The number of amidine groups is 1. The van der Waals surface area contributed by atoms with Crippen LogP contribution in [0.4, 0.5) is 5.69 Å². The van der Waals surface area contributed by atoms with E-state index < -0.39 is 13.1 Å². The summed E-state index contributed by atoms with van der Waals surface area (Å²) < 4.78 is 18.0. The summed E-state index contributed by atoms with van der Waals surface area (Å²) in [6, 6.07) is 8.27. The molecule has 0 bridgehead atoms. The SMILES string of the molecule is CC(C)CCn1nc(-c2ccsc2)c(O)c(C2=NP(=O)(O)c3ccccc3N2)c1=O. The fourth-order valence-electron chi connectivity index (χ4n) is 3.19. The van der Waals surface area contributed by atoms with E-state index in [9.17, 15) is 19.4 Å². The van der Waals surface area contributed by atoms with Crippen LogP contribution in [0.3, 0.4) is 0 Å². The molecule has 10 heteroatoms. The summed E-state index contributed by atoms with van der Waals surface area (Å²) in [5.74, 6) is -0.167. The second-order valence-corrected chi connectivity index (χ2v) is 9.98. The summed E-state index contributed by atoms with van der Waals surface area (Å²) in [5, 5.41) is 22.1. The standard InChI is InChI=1S/C20H21N4O4PS/c1-12(2)7-9-24-20(26)16(18(25)17(22-24)13-8-10-30-11-13)19-21-14-5-3-4-6-15(14)29(27,28)23-19/h3-6,8,10-12,25H,7,9H2,1-2H3,(H2,21,23,27,28). The molecule has 1 unspecified atom stereocenters. The van der Waals surface area contributed by atoms with Gasteiger partial charge in [0.1, 0.15) is 11.3 Å². The number of benzene rings is 1. The topological polar surface area (TPSA) is 117 Å². The number of thiophene rings is 1. The van der Waals surface area contributed by atoms with Gasteiger partial charge in [-0.25, -0.2) is 4.68 Å². The van der Waals surface area contributed by atoms with Gasteiger partial charge < -0.3 is 15.3 Å². The number of aryl methyl sites for hydroxylation is 1. The molecule has 3 aromatic rings. The van der Waals surface area contributed by atoms with Crippen molar-refractivity contribution in [1.82, 2.24) is 9.78 Å². The number of anilines is 1. The summed E-state index contributed by atoms with van der Waals surface area (Å²) in [6.45, 7) is 4.43. The zero-order valence-electron chi connectivity index (χ0n) is 16.4. The van der Waals surface area contributed by atoms with Gasteiger partial charge in [-0.15, -0.1) is 0 Å². The third-order valence-corrected chi connectivity index (χ3v) is 6.96. The molecule has 0 radical (unpaired) electrons. The third kappa shape index (κ3) is 3.71. The Bertz CT molecular complexity index is 1230. The quantitative estimate of drug-likeness (QED) is 0.520. The van der Waals surface area contributed by atoms with Crippen molar-refractivity contribution in [3.8, 4) is 17.0 Å². The first-order valence-electron chi connectivity index (χ1n) is 9.44. The second kappa shape index (κ2) is 7.83. The molecule has 0 fully saturated rings. The van der Waals surface area contributed by atoms with Crippen molar-refractivity contribution < 1.29 is 14.6 Å². The van der Waals surface area contributed by atoms with Crippen LogP contribution in [-0.4, -0.2) is 25.6 Å². The van der Waals surface area contributed by atoms with Crippen LogP contribution in [0.5, 0.6) is 5.75 Å². The molecule has 0 amide bonds. The average Bonchev–Trinajstić information content (AvgIpc) is 3.21. The lowest BCUT2D eigenvalue weighted by molar-refractivity contribution is 0.444. The summed E-state index contributed by atoms with van der Waals surface area (Å²) in [4.78, 5) is 23.7. The van der Waals surface area contributed by atoms with Crippen LogP contribution in [0, 0.1) is 5.92 Å². The normalized spacial score (nSPS) is 18.1. The number of para-hydroxylation sites is 1. The minimum absolute atomic E-state index is 0.140. The van der Waals surface area contributed by atoms with Gasteiger partial charge in [0.05, 0.1) is 11.0 Å². The lowest BCUT2D eigenvalue weighted by Gasteiger charge is -2.22. The van der Waals surface area contributed by atoms with Crippen molar-refractivity contribution in [1.29, 1.82) is 0 Å². The van der Waals surface area contributed by atoms with Crippen molar-refractivity contribution in [2.24, 2.45) is 10.7 Å². The predicted molar refractivity (Wildman–Crippen MR) is 119 cm³/mol. The van der Waals surface area contributed by atoms with E-state index >= 15 is 0 Å². The first kappa shape index (κ1) is 20.5. The fourth-order valence-corrected chi connectivity index (χ4v) is 5.08. The van der Waals surface area contributed by atoms with E-state index in [0.717, 1.165) is 0 Å². The van der Waals surface area contributed by atoms with Gasteiger partial charge in [-0.3, -0.25) is 9.36 Å². The first-order valence-corrected chi connectivity index (χ1v) is 12.0. The molecule has 2 aromatic heterocycles. The molecule has 1 aliphatic heterocycles. The van der Waals surface area contributed by atoms with Crippen LogP contribution in [0.15, 0.2) is 50.6 Å². The van der Waals surface area contributed by atoms with Crippen LogP contribution in [0.25, 0.3) is 11.3 Å². The Morgan fingerprint density at radius 2 is 2.03 bits per heavy atom. The smallest absolute Gasteiger partial charge is 0.346 e. The Balaban J connectivity index is 1.92. The molecule has 0 saturated heterocycles. The van der Waals surface area contributed by atoms with E-state index in [-0.39, 0.29) is 28.1 Å². The number of nitrogens with one attached hydrogen (secondary N) is 1. The van der Waals surface area contributed by atoms with Gasteiger partial charge >= 0.3 is 7.52 Å². The van der Waals surface area contributed by atoms with Gasteiger partial charge in [0.25, 0.3) is 5.56 Å². The molecule has 4 rings (SSSR count). The monoisotopic (exact) mass is 444 g/mol. The Labute approximate surface area is 177 Å². The largest absolute Gasteiger partial charge is 0.505 e. The molecule has 3 heterocycles. The average molecular weight is 444 g/mol. The zero-order valence-corrected chi connectivity index (χ0v) is 18.2. The van der Waals surface area contributed by atoms with E-state index in [2.05, 4.69) is 15.2 Å². The van der Waals surface area contributed by atoms with E-state index in [1.54, 1.807) is 24.3 Å². The van der Waals surface area contributed by atoms with Gasteiger partial charge in [0.2, 0.25) is 0 Å². The lowest BCUT2D eigenvalue weighted by Crippen LogP contribution is -2.34. The molecule has 8 nitrogen and oxygen atoms in total. The number of fused-ring (bicyclic) bond motifs is 1. The molecule has 30 heavy (non-hydrogen) atoms. The summed E-state index contributed by atoms with van der Waals surface area (Å²) >= 11 is 1.43. The molecule has 1 aliphatic rings. The Hall–Kier alpha value is -2.74. The van der Waals surface area contributed by atoms with Gasteiger partial charge in [-0.1, -0.05) is 26.0 Å². The van der Waals surface area contributed by atoms with Crippen LogP contribution < -0.4 is 16.2 Å². The number of rotatable bonds is 5. The molecular weight excluding hydrogens is 423 g/mol. The highest BCUT2D eigenvalue weighted by Crippen LogP contribution is 2.47. The Morgan fingerprint density at radius 3 is 2.73 bits per heavy atom. The highest BCUT2D eigenvalue weighted by Gasteiger charge is 2.33. The van der Waals surface area contributed by atoms with E-state index in [1.807, 2.05) is 24.6 Å². The van der Waals surface area contributed by atoms with Crippen molar-refractivity contribution in [3.63, 3.8) is 0 Å². The predicted octanol–water partition coefficient (Wildman–Crippen LogP) is 3.41. The second-order valence-electron chi connectivity index (χ2n) is 7.43. The maximum Gasteiger partial charge on any atom is 0.346 e. The minimum atomic E-state index is -4.11. The molecule has 1 aromatic carbocycles. The van der Waals surface area contributed by atoms with Gasteiger partial charge in [-0.2, -0.15) is 21.2 Å². The van der Waals surface area contributed by atoms with Crippen molar-refractivity contribution >= 4 is 35.7 Å². The third-order valence-electron chi connectivity index (χ3n) is 4.79. The Kier molecular flexibility index (Phi) is 5.36. The zero-order chi connectivity index (χ0) is 21.5. The van der Waals surface area contributed by atoms with E-state index in [1.165, 1.54) is 22.1 Å². The molecule has 0 spiro atoms. The minimum Gasteiger partial charge on any atom is -0.505 e. The maximum absolute atomic E-state index is 13.2. The molecule has 3 N–H and O–H groups in total. The van der Waals surface area contributed by atoms with Crippen LogP contribution in [0.2, 0.25) is 0 Å². The number of nitrogens with zero attached hydrogens (tertiary/aromatic N) is 3. The number of hydrogen-bond acceptors (Lipinski definition) is 6. The van der Waals surface area contributed by atoms with Crippen LogP contribution >= 0.6 is 18.9 Å². The highest BCUT2D eigenvalue weighted by atomic mass is 32.1. The number of aromatic nitrogens is 2. The maximum atomic E-state index is 13.2. The van der Waals surface area contributed by atoms with Gasteiger partial charge in [-0.05, 0) is 35.9 Å². The molecule has 0 aliphatic carbocycles. The summed E-state index contributed by atoms with van der Waals surface area (Å²) in [7, 11) is -4.11. The van der Waals surface area contributed by atoms with Gasteiger partial charge in [0, 0.05) is 17.5 Å². The lowest BCUT2D eigenvalue weighted by atomic mass is 10.1. The van der Waals surface area contributed by atoms with Crippen LogP contribution in [-0.2, 0) is 11.1 Å². The number of aromatic hydroxyl groups is 1. The van der Waals surface area contributed by atoms with Crippen molar-refractivity contribution in [2.75, 3.05) is 5.32 Å². The molecule has 1 atom stereocenters. The van der Waals surface area contributed by atoms with Gasteiger partial charge in [0.15, 0.2) is 11.6 Å². The van der Waals surface area contributed by atoms with Crippen LogP contribution in [0.1, 0.15) is 25.8 Å². The fraction of sp³-hybridized carbons (Fsp3) is 0.250. The van der Waals surface area contributed by atoms with E-state index in [0.29, 0.717) is 30.1 Å². The molecule has 0 saturated carbocycles. The Morgan fingerprint density at radius 1 is 1.27 bits per heavy atom. The van der Waals surface area contributed by atoms with Crippen molar-refractivity contribution in [3.05, 3.63) is 57.0 Å². The molecular formula is C20H21N4O4PS. The first-order chi connectivity index (χ1) is 14.3. The summed E-state index contributed by atoms with van der Waals surface area (Å²) in [5.41, 5.74) is 0.512. The molecule has 156 valence electrons. The highest BCUT2D eigenvalue weighted by molar-refractivity contribution is 7.65. The van der Waals surface area contributed by atoms with Crippen molar-refractivity contribution in [2.45, 2.75) is 26.8 Å². The summed E-state index contributed by atoms with van der Waals surface area (Å²) in [6.07, 6.45) is 0.710. The van der Waals surface area contributed by atoms with E-state index in [4.69, 9.17) is 0 Å².